The topological polar surface area (TPSA) is 93.2 Å². The third-order valence-electron chi connectivity index (χ3n) is 3.60. The van der Waals surface area contributed by atoms with Gasteiger partial charge in [0, 0.05) is 19.6 Å². The Morgan fingerprint density at radius 2 is 1.81 bits per heavy atom. The van der Waals surface area contributed by atoms with Crippen LogP contribution < -0.4 is 25.4 Å². The molecule has 0 aromatic heterocycles. The number of aliphatic imine (C=N–C) groups is 1. The van der Waals surface area contributed by atoms with E-state index in [-0.39, 0.29) is 11.5 Å². The summed E-state index contributed by atoms with van der Waals surface area (Å²) < 4.78 is 40.1. The van der Waals surface area contributed by atoms with Gasteiger partial charge in [-0.3, -0.25) is 0 Å². The number of nitrogens with zero attached hydrogens (tertiary/aromatic N) is 1. The number of amides is 1. The largest absolute Gasteiger partial charge is 0.490 e. The van der Waals surface area contributed by atoms with Crippen LogP contribution in [-0.2, 0) is 11.3 Å². The van der Waals surface area contributed by atoms with E-state index in [1.165, 1.54) is 6.07 Å². The summed E-state index contributed by atoms with van der Waals surface area (Å²) in [4.78, 5) is 16.1. The first-order valence-corrected chi connectivity index (χ1v) is 10.3. The van der Waals surface area contributed by atoms with Crippen molar-refractivity contribution in [2.24, 2.45) is 4.99 Å². The Hall–Kier alpha value is -2.78. The van der Waals surface area contributed by atoms with Crippen LogP contribution in [0.2, 0.25) is 0 Å². The van der Waals surface area contributed by atoms with E-state index in [4.69, 9.17) is 9.47 Å². The fourth-order valence-electron chi connectivity index (χ4n) is 2.42. The number of rotatable bonds is 11. The van der Waals surface area contributed by atoms with Crippen LogP contribution in [-0.4, -0.2) is 50.5 Å². The first-order chi connectivity index (χ1) is 14.6. The molecule has 1 aromatic rings. The lowest BCUT2D eigenvalue weighted by molar-refractivity contribution is -0.0514. The smallest absolute Gasteiger partial charge is 0.407 e. The van der Waals surface area contributed by atoms with Gasteiger partial charge in [0.05, 0.1) is 13.2 Å². The summed E-state index contributed by atoms with van der Waals surface area (Å²) in [5.74, 6) is 0.847. The normalized spacial score (nSPS) is 11.8. The first-order valence-electron chi connectivity index (χ1n) is 10.3. The van der Waals surface area contributed by atoms with Gasteiger partial charge in [-0.1, -0.05) is 6.07 Å². The lowest BCUT2D eigenvalue weighted by Crippen LogP contribution is -2.39. The van der Waals surface area contributed by atoms with Crippen LogP contribution in [0.5, 0.6) is 11.5 Å². The van der Waals surface area contributed by atoms with Crippen LogP contribution in [0.25, 0.3) is 0 Å². The zero-order chi connectivity index (χ0) is 23.3. The zero-order valence-corrected chi connectivity index (χ0v) is 18.9. The molecule has 8 nitrogen and oxygen atoms in total. The summed E-state index contributed by atoms with van der Waals surface area (Å²) in [6, 6.07) is 4.75. The number of carbonyl (C=O) groups is 1. The van der Waals surface area contributed by atoms with E-state index in [0.717, 1.165) is 5.56 Å². The summed E-state index contributed by atoms with van der Waals surface area (Å²) in [6.07, 6.45) is 0.232. The number of hydrogen-bond donors (Lipinski definition) is 3. The fourth-order valence-corrected chi connectivity index (χ4v) is 2.42. The van der Waals surface area contributed by atoms with Crippen LogP contribution in [0.3, 0.4) is 0 Å². The standard InChI is InChI=1S/C21H34F2N4O4/c1-6-24-19(25-11-8-12-26-20(28)31-21(3,4)5)27-14-15-9-10-16(30-18(22)23)17(13-15)29-7-2/h9-10,13,18H,6-8,11-12,14H2,1-5H3,(H,26,28)(H2,24,25,27). The molecular weight excluding hydrogens is 410 g/mol. The molecule has 10 heteroatoms. The highest BCUT2D eigenvalue weighted by Gasteiger charge is 2.15. The van der Waals surface area contributed by atoms with E-state index >= 15 is 0 Å². The van der Waals surface area contributed by atoms with Gasteiger partial charge in [0.15, 0.2) is 17.5 Å². The maximum atomic E-state index is 12.5. The molecule has 0 unspecified atom stereocenters. The van der Waals surface area contributed by atoms with Crippen molar-refractivity contribution in [2.75, 3.05) is 26.2 Å². The molecule has 0 spiro atoms. The van der Waals surface area contributed by atoms with Gasteiger partial charge in [-0.15, -0.1) is 0 Å². The molecular formula is C21H34F2N4O4. The molecule has 1 rings (SSSR count). The van der Waals surface area contributed by atoms with E-state index < -0.39 is 18.3 Å². The number of hydrogen-bond acceptors (Lipinski definition) is 5. The molecule has 3 N–H and O–H groups in total. The minimum Gasteiger partial charge on any atom is -0.490 e. The molecule has 0 aliphatic carbocycles. The molecule has 0 bridgehead atoms. The van der Waals surface area contributed by atoms with Gasteiger partial charge < -0.3 is 30.2 Å². The molecule has 0 saturated heterocycles. The Bertz CT molecular complexity index is 709. The maximum absolute atomic E-state index is 12.5. The van der Waals surface area contributed by atoms with E-state index in [1.807, 2.05) is 27.7 Å². The molecule has 0 radical (unpaired) electrons. The molecule has 0 aliphatic rings. The highest BCUT2D eigenvalue weighted by atomic mass is 19.3. The summed E-state index contributed by atoms with van der Waals surface area (Å²) in [5.41, 5.74) is 0.257. The Kier molecular flexibility index (Phi) is 11.4. The molecule has 0 heterocycles. The van der Waals surface area contributed by atoms with Gasteiger partial charge in [-0.25, -0.2) is 9.79 Å². The number of halogens is 2. The van der Waals surface area contributed by atoms with Gasteiger partial charge in [-0.2, -0.15) is 8.78 Å². The second-order valence-electron chi connectivity index (χ2n) is 7.50. The summed E-state index contributed by atoms with van der Waals surface area (Å²) >= 11 is 0. The van der Waals surface area contributed by atoms with E-state index in [9.17, 15) is 13.6 Å². The van der Waals surface area contributed by atoms with Crippen molar-refractivity contribution in [3.63, 3.8) is 0 Å². The summed E-state index contributed by atoms with van der Waals surface area (Å²) in [7, 11) is 0. The number of carbonyl (C=O) groups excluding carboxylic acids is 1. The molecule has 0 aliphatic heterocycles. The Balaban J connectivity index is 2.58. The summed E-state index contributed by atoms with van der Waals surface area (Å²) in [5, 5.41) is 9.01. The minimum absolute atomic E-state index is 0.00732. The monoisotopic (exact) mass is 444 g/mol. The van der Waals surface area contributed by atoms with E-state index in [1.54, 1.807) is 19.1 Å². The van der Waals surface area contributed by atoms with Crippen molar-refractivity contribution in [3.8, 4) is 11.5 Å². The Morgan fingerprint density at radius 1 is 1.10 bits per heavy atom. The average molecular weight is 445 g/mol. The SMILES string of the molecule is CCNC(=NCc1ccc(OC(F)F)c(OCC)c1)NCCCNC(=O)OC(C)(C)C. The van der Waals surface area contributed by atoms with Crippen LogP contribution in [0, 0.1) is 0 Å². The van der Waals surface area contributed by atoms with Crippen LogP contribution in [0.15, 0.2) is 23.2 Å². The van der Waals surface area contributed by atoms with E-state index in [0.29, 0.717) is 45.2 Å². The molecule has 0 saturated carbocycles. The second kappa shape index (κ2) is 13.5. The Labute approximate surface area is 182 Å². The highest BCUT2D eigenvalue weighted by Crippen LogP contribution is 2.30. The predicted molar refractivity (Wildman–Crippen MR) is 116 cm³/mol. The van der Waals surface area contributed by atoms with Crippen molar-refractivity contribution < 1.29 is 27.8 Å². The van der Waals surface area contributed by atoms with Crippen LogP contribution >= 0.6 is 0 Å². The Morgan fingerprint density at radius 3 is 2.42 bits per heavy atom. The van der Waals surface area contributed by atoms with Gasteiger partial charge >= 0.3 is 12.7 Å². The predicted octanol–water partition coefficient (Wildman–Crippen LogP) is 3.66. The van der Waals surface area contributed by atoms with Crippen LogP contribution in [0.4, 0.5) is 13.6 Å². The molecule has 0 atom stereocenters. The number of guanidine groups is 1. The van der Waals surface area contributed by atoms with Gasteiger partial charge in [0.25, 0.3) is 0 Å². The molecule has 176 valence electrons. The van der Waals surface area contributed by atoms with Gasteiger partial charge in [0.2, 0.25) is 0 Å². The highest BCUT2D eigenvalue weighted by molar-refractivity contribution is 5.79. The van der Waals surface area contributed by atoms with Crippen molar-refractivity contribution in [2.45, 2.75) is 59.8 Å². The molecule has 0 fully saturated rings. The summed E-state index contributed by atoms with van der Waals surface area (Å²) in [6.45, 7) is 8.60. The van der Waals surface area contributed by atoms with Crippen molar-refractivity contribution >= 4 is 12.1 Å². The number of benzene rings is 1. The van der Waals surface area contributed by atoms with Crippen LogP contribution in [0.1, 0.15) is 46.6 Å². The first kappa shape index (κ1) is 26.3. The quantitative estimate of drug-likeness (QED) is 0.274. The second-order valence-corrected chi connectivity index (χ2v) is 7.50. The average Bonchev–Trinajstić information content (AvgIpc) is 2.66. The molecule has 1 amide bonds. The number of alkyl carbamates (subject to hydrolysis) is 1. The van der Waals surface area contributed by atoms with Gasteiger partial charge in [0.1, 0.15) is 5.60 Å². The number of nitrogens with one attached hydrogen (secondary N) is 3. The third kappa shape index (κ3) is 11.9. The fraction of sp³-hybridized carbons (Fsp3) is 0.619. The van der Waals surface area contributed by atoms with E-state index in [2.05, 4.69) is 25.7 Å². The number of ether oxygens (including phenoxy) is 3. The lowest BCUT2D eigenvalue weighted by atomic mass is 10.2. The van der Waals surface area contributed by atoms with Crippen molar-refractivity contribution in [3.05, 3.63) is 23.8 Å². The van der Waals surface area contributed by atoms with Gasteiger partial charge in [-0.05, 0) is 58.7 Å². The number of alkyl halides is 2. The van der Waals surface area contributed by atoms with Crippen molar-refractivity contribution in [1.29, 1.82) is 0 Å². The minimum atomic E-state index is -2.92. The zero-order valence-electron chi connectivity index (χ0n) is 18.9. The maximum Gasteiger partial charge on any atom is 0.407 e. The molecule has 1 aromatic carbocycles. The lowest BCUT2D eigenvalue weighted by Gasteiger charge is -2.19. The third-order valence-corrected chi connectivity index (χ3v) is 3.60. The van der Waals surface area contributed by atoms with Crippen molar-refractivity contribution in [1.82, 2.24) is 16.0 Å². The molecule has 31 heavy (non-hydrogen) atoms.